The SMILES string of the molecule is COc1ccc(-c2cnc3nc(N)nc(N4CCNCC4Cc4ccc(Cl)cc4)c3n2)cc1OC. The van der Waals surface area contributed by atoms with Gasteiger partial charge in [-0.3, -0.25) is 0 Å². The van der Waals surface area contributed by atoms with Crippen molar-refractivity contribution in [3.05, 3.63) is 59.2 Å². The first-order chi connectivity index (χ1) is 17.1. The summed E-state index contributed by atoms with van der Waals surface area (Å²) < 4.78 is 10.8. The van der Waals surface area contributed by atoms with Crippen molar-refractivity contribution in [1.29, 1.82) is 0 Å². The zero-order chi connectivity index (χ0) is 24.4. The molecule has 10 heteroatoms. The summed E-state index contributed by atoms with van der Waals surface area (Å²) in [7, 11) is 3.21. The summed E-state index contributed by atoms with van der Waals surface area (Å²) in [6, 6.07) is 13.7. The van der Waals surface area contributed by atoms with E-state index >= 15 is 0 Å². The van der Waals surface area contributed by atoms with Gasteiger partial charge in [-0.2, -0.15) is 9.97 Å². The zero-order valence-corrected chi connectivity index (χ0v) is 20.3. The van der Waals surface area contributed by atoms with Gasteiger partial charge >= 0.3 is 0 Å². The van der Waals surface area contributed by atoms with Crippen LogP contribution in [-0.4, -0.2) is 59.8 Å². The zero-order valence-electron chi connectivity index (χ0n) is 19.5. The van der Waals surface area contributed by atoms with Crippen molar-refractivity contribution >= 4 is 34.5 Å². The van der Waals surface area contributed by atoms with Crippen molar-refractivity contribution in [3.8, 4) is 22.8 Å². The molecule has 2 aromatic heterocycles. The minimum atomic E-state index is 0.147. The summed E-state index contributed by atoms with van der Waals surface area (Å²) in [6.07, 6.45) is 2.50. The predicted molar refractivity (Wildman–Crippen MR) is 137 cm³/mol. The Bertz CT molecular complexity index is 1350. The predicted octanol–water partition coefficient (Wildman–Crippen LogP) is 3.36. The van der Waals surface area contributed by atoms with E-state index in [1.54, 1.807) is 20.4 Å². The minimum absolute atomic E-state index is 0.147. The molecule has 4 aromatic rings. The number of ether oxygens (including phenoxy) is 2. The van der Waals surface area contributed by atoms with Crippen LogP contribution < -0.4 is 25.4 Å². The highest BCUT2D eigenvalue weighted by atomic mass is 35.5. The van der Waals surface area contributed by atoms with E-state index in [4.69, 9.17) is 31.8 Å². The fraction of sp³-hybridized carbons (Fsp3) is 0.280. The third-order valence-corrected chi connectivity index (χ3v) is 6.34. The monoisotopic (exact) mass is 491 g/mol. The lowest BCUT2D eigenvalue weighted by atomic mass is 10.0. The first-order valence-electron chi connectivity index (χ1n) is 11.3. The number of hydrogen-bond donors (Lipinski definition) is 2. The van der Waals surface area contributed by atoms with Gasteiger partial charge in [0.05, 0.1) is 26.1 Å². The Kier molecular flexibility index (Phi) is 6.52. The Morgan fingerprint density at radius 3 is 2.63 bits per heavy atom. The molecule has 0 amide bonds. The largest absolute Gasteiger partial charge is 0.493 e. The number of nitrogen functional groups attached to an aromatic ring is 1. The summed E-state index contributed by atoms with van der Waals surface area (Å²) in [5, 5.41) is 4.21. The molecule has 1 saturated heterocycles. The minimum Gasteiger partial charge on any atom is -0.493 e. The van der Waals surface area contributed by atoms with Crippen molar-refractivity contribution < 1.29 is 9.47 Å². The lowest BCUT2D eigenvalue weighted by molar-refractivity contribution is 0.355. The quantitative estimate of drug-likeness (QED) is 0.419. The summed E-state index contributed by atoms with van der Waals surface area (Å²) in [5.74, 6) is 2.12. The molecule has 5 rings (SSSR count). The lowest BCUT2D eigenvalue weighted by Gasteiger charge is -2.37. The van der Waals surface area contributed by atoms with Gasteiger partial charge in [-0.05, 0) is 42.3 Å². The Morgan fingerprint density at radius 2 is 1.86 bits per heavy atom. The molecule has 0 aliphatic carbocycles. The molecule has 0 bridgehead atoms. The van der Waals surface area contributed by atoms with E-state index in [1.807, 2.05) is 30.3 Å². The smallest absolute Gasteiger partial charge is 0.224 e. The second-order valence-corrected chi connectivity index (χ2v) is 8.72. The van der Waals surface area contributed by atoms with E-state index in [-0.39, 0.29) is 12.0 Å². The standard InChI is InChI=1S/C25H26ClN7O2/c1-34-20-8-5-16(12-21(20)35-2)19-14-29-23-22(30-19)24(32-25(27)31-23)33-10-9-28-13-18(33)11-15-3-6-17(26)7-4-15/h3-8,12,14,18,28H,9-11,13H2,1-2H3,(H2,27,29,31,32). The second kappa shape index (κ2) is 9.89. The summed E-state index contributed by atoms with van der Waals surface area (Å²) >= 11 is 6.08. The first-order valence-corrected chi connectivity index (χ1v) is 11.7. The molecular weight excluding hydrogens is 466 g/mol. The third kappa shape index (κ3) is 4.78. The van der Waals surface area contributed by atoms with Crippen LogP contribution in [0.25, 0.3) is 22.4 Å². The van der Waals surface area contributed by atoms with Crippen LogP contribution in [0.4, 0.5) is 11.8 Å². The van der Waals surface area contributed by atoms with Crippen LogP contribution in [0.5, 0.6) is 11.5 Å². The van der Waals surface area contributed by atoms with E-state index in [0.29, 0.717) is 34.2 Å². The number of hydrogen-bond acceptors (Lipinski definition) is 9. The molecular formula is C25H26ClN7O2. The van der Waals surface area contributed by atoms with Gasteiger partial charge in [0.2, 0.25) is 5.95 Å². The molecule has 1 aliphatic heterocycles. The van der Waals surface area contributed by atoms with Crippen LogP contribution in [0.15, 0.2) is 48.7 Å². The maximum atomic E-state index is 6.09. The van der Waals surface area contributed by atoms with Crippen molar-refractivity contribution in [2.24, 2.45) is 0 Å². The van der Waals surface area contributed by atoms with Gasteiger partial charge in [0.1, 0.15) is 0 Å². The van der Waals surface area contributed by atoms with Crippen LogP contribution in [0, 0.1) is 0 Å². The lowest BCUT2D eigenvalue weighted by Crippen LogP contribution is -2.52. The average Bonchev–Trinajstić information content (AvgIpc) is 2.89. The number of fused-ring (bicyclic) bond motifs is 1. The normalized spacial score (nSPS) is 15.9. The molecule has 0 spiro atoms. The van der Waals surface area contributed by atoms with E-state index in [9.17, 15) is 0 Å². The first kappa shape index (κ1) is 23.1. The van der Waals surface area contributed by atoms with Crippen LogP contribution in [0.1, 0.15) is 5.56 Å². The number of aromatic nitrogens is 4. The van der Waals surface area contributed by atoms with E-state index < -0.39 is 0 Å². The highest BCUT2D eigenvalue weighted by Gasteiger charge is 2.27. The number of benzene rings is 2. The molecule has 35 heavy (non-hydrogen) atoms. The van der Waals surface area contributed by atoms with Crippen molar-refractivity contribution in [2.45, 2.75) is 12.5 Å². The fourth-order valence-corrected chi connectivity index (χ4v) is 4.49. The van der Waals surface area contributed by atoms with E-state index in [2.05, 4.69) is 37.3 Å². The van der Waals surface area contributed by atoms with E-state index in [1.165, 1.54) is 5.56 Å². The molecule has 0 saturated carbocycles. The summed E-state index contributed by atoms with van der Waals surface area (Å²) in [6.45, 7) is 2.38. The number of halogens is 1. The van der Waals surface area contributed by atoms with Crippen molar-refractivity contribution in [2.75, 3.05) is 44.5 Å². The maximum absolute atomic E-state index is 6.09. The van der Waals surface area contributed by atoms with Crippen LogP contribution in [0.2, 0.25) is 5.02 Å². The van der Waals surface area contributed by atoms with Crippen LogP contribution in [-0.2, 0) is 6.42 Å². The average molecular weight is 492 g/mol. The molecule has 1 unspecified atom stereocenters. The Hall–Kier alpha value is -3.69. The van der Waals surface area contributed by atoms with Gasteiger partial charge in [0.15, 0.2) is 28.5 Å². The molecule has 3 N–H and O–H groups in total. The number of nitrogens with one attached hydrogen (secondary N) is 1. The second-order valence-electron chi connectivity index (χ2n) is 8.28. The summed E-state index contributed by atoms with van der Waals surface area (Å²) in [5.41, 5.74) is 9.87. The Labute approximate surface area is 208 Å². The number of methoxy groups -OCH3 is 2. The molecule has 180 valence electrons. The molecule has 1 aliphatic rings. The third-order valence-electron chi connectivity index (χ3n) is 6.09. The van der Waals surface area contributed by atoms with Crippen molar-refractivity contribution in [3.63, 3.8) is 0 Å². The van der Waals surface area contributed by atoms with Gasteiger partial charge in [-0.25, -0.2) is 9.97 Å². The molecule has 9 nitrogen and oxygen atoms in total. The van der Waals surface area contributed by atoms with Gasteiger partial charge < -0.3 is 25.4 Å². The van der Waals surface area contributed by atoms with E-state index in [0.717, 1.165) is 36.6 Å². The number of nitrogens with zero attached hydrogens (tertiary/aromatic N) is 5. The number of anilines is 2. The molecule has 0 radical (unpaired) electrons. The number of rotatable bonds is 6. The summed E-state index contributed by atoms with van der Waals surface area (Å²) in [4.78, 5) is 20.7. The molecule has 1 fully saturated rings. The van der Waals surface area contributed by atoms with Gasteiger partial charge in [-0.15, -0.1) is 0 Å². The number of nitrogens with two attached hydrogens (primary N) is 1. The van der Waals surface area contributed by atoms with Crippen LogP contribution >= 0.6 is 11.6 Å². The molecule has 2 aromatic carbocycles. The molecule has 1 atom stereocenters. The van der Waals surface area contributed by atoms with Crippen molar-refractivity contribution in [1.82, 2.24) is 25.3 Å². The Morgan fingerprint density at radius 1 is 1.06 bits per heavy atom. The topological polar surface area (TPSA) is 111 Å². The van der Waals surface area contributed by atoms with Gasteiger partial charge in [0, 0.05) is 36.3 Å². The molecule has 3 heterocycles. The fourth-order valence-electron chi connectivity index (χ4n) is 4.36. The highest BCUT2D eigenvalue weighted by Crippen LogP contribution is 2.33. The van der Waals surface area contributed by atoms with Gasteiger partial charge in [-0.1, -0.05) is 23.7 Å². The van der Waals surface area contributed by atoms with Gasteiger partial charge in [0.25, 0.3) is 0 Å². The highest BCUT2D eigenvalue weighted by molar-refractivity contribution is 6.30. The van der Waals surface area contributed by atoms with Crippen LogP contribution in [0.3, 0.4) is 0 Å². The Balaban J connectivity index is 1.56. The maximum Gasteiger partial charge on any atom is 0.224 e. The number of piperazine rings is 1.